The number of methoxy groups -OCH3 is 2. The van der Waals surface area contributed by atoms with Crippen molar-refractivity contribution in [3.8, 4) is 23.0 Å². The van der Waals surface area contributed by atoms with E-state index in [-0.39, 0.29) is 6.79 Å². The number of hydrogen-bond donors (Lipinski definition) is 0. The van der Waals surface area contributed by atoms with Gasteiger partial charge in [-0.3, -0.25) is 4.79 Å². The van der Waals surface area contributed by atoms with Crippen LogP contribution in [0.25, 0.3) is 10.2 Å². The lowest BCUT2D eigenvalue weighted by molar-refractivity contribution is 0.0994. The molecular weight excluding hydrogens is 356 g/mol. The van der Waals surface area contributed by atoms with Gasteiger partial charge in [0.1, 0.15) is 11.5 Å². The standard InChI is InChI=1S/C18H16N2O5S/c1-20-12-7-14-15(25-9-24-14)8-16(12)26-18(20)19-17(21)11-6-10(22-2)4-5-13(11)23-3/h4-8H,9H2,1-3H3. The molecule has 1 aromatic heterocycles. The summed E-state index contributed by atoms with van der Waals surface area (Å²) in [7, 11) is 4.91. The number of ether oxygens (including phenoxy) is 4. The second kappa shape index (κ2) is 6.38. The van der Waals surface area contributed by atoms with Gasteiger partial charge in [-0.05, 0) is 18.2 Å². The van der Waals surface area contributed by atoms with Crippen LogP contribution in [0.15, 0.2) is 35.3 Å². The molecular formula is C18H16N2O5S. The molecule has 1 amide bonds. The number of benzene rings is 2. The van der Waals surface area contributed by atoms with Crippen molar-refractivity contribution in [2.24, 2.45) is 12.0 Å². The van der Waals surface area contributed by atoms with E-state index in [2.05, 4.69) is 4.99 Å². The normalized spacial score (nSPS) is 13.3. The van der Waals surface area contributed by atoms with Gasteiger partial charge in [0.05, 0.1) is 30.0 Å². The van der Waals surface area contributed by atoms with Crippen molar-refractivity contribution in [3.63, 3.8) is 0 Å². The number of aryl methyl sites for hydroxylation is 1. The third-order valence-corrected chi connectivity index (χ3v) is 5.23. The molecule has 134 valence electrons. The largest absolute Gasteiger partial charge is 0.497 e. The highest BCUT2D eigenvalue weighted by Crippen LogP contribution is 2.36. The Hall–Kier alpha value is -3.00. The molecule has 3 aromatic rings. The molecule has 0 radical (unpaired) electrons. The second-order valence-corrected chi connectivity index (χ2v) is 6.61. The van der Waals surface area contributed by atoms with Gasteiger partial charge >= 0.3 is 0 Å². The predicted octanol–water partition coefficient (Wildman–Crippen LogP) is 2.73. The summed E-state index contributed by atoms with van der Waals surface area (Å²) in [5, 5.41) is 0. The summed E-state index contributed by atoms with van der Waals surface area (Å²) in [4.78, 5) is 17.6. The molecule has 0 aliphatic carbocycles. The molecule has 0 bridgehead atoms. The van der Waals surface area contributed by atoms with E-state index in [0.29, 0.717) is 33.4 Å². The fraction of sp³-hybridized carbons (Fsp3) is 0.222. The summed E-state index contributed by atoms with van der Waals surface area (Å²) in [6.07, 6.45) is 0. The highest BCUT2D eigenvalue weighted by Gasteiger charge is 2.18. The van der Waals surface area contributed by atoms with Gasteiger partial charge < -0.3 is 23.5 Å². The van der Waals surface area contributed by atoms with Gasteiger partial charge in [0, 0.05) is 19.2 Å². The molecule has 1 aliphatic rings. The molecule has 0 atom stereocenters. The van der Waals surface area contributed by atoms with Crippen molar-refractivity contribution in [1.29, 1.82) is 0 Å². The number of hydrogen-bond acceptors (Lipinski definition) is 6. The molecule has 0 fully saturated rings. The molecule has 4 rings (SSSR count). The molecule has 1 aliphatic heterocycles. The number of rotatable bonds is 3. The number of fused-ring (bicyclic) bond motifs is 2. The second-order valence-electron chi connectivity index (χ2n) is 5.60. The Bertz CT molecular complexity index is 1080. The maximum Gasteiger partial charge on any atom is 0.283 e. The van der Waals surface area contributed by atoms with Gasteiger partial charge in [-0.2, -0.15) is 4.99 Å². The van der Waals surface area contributed by atoms with E-state index in [1.165, 1.54) is 18.4 Å². The summed E-state index contributed by atoms with van der Waals surface area (Å²) in [5.74, 6) is 2.01. The zero-order valence-electron chi connectivity index (χ0n) is 14.4. The Morgan fingerprint density at radius 1 is 1.15 bits per heavy atom. The average molecular weight is 372 g/mol. The topological polar surface area (TPSA) is 71.3 Å². The van der Waals surface area contributed by atoms with Crippen LogP contribution in [0.4, 0.5) is 0 Å². The molecule has 0 unspecified atom stereocenters. The Kier molecular flexibility index (Phi) is 4.04. The Morgan fingerprint density at radius 3 is 2.65 bits per heavy atom. The number of carbonyl (C=O) groups excluding carboxylic acids is 1. The van der Waals surface area contributed by atoms with Gasteiger partial charge in [0.25, 0.3) is 5.91 Å². The van der Waals surface area contributed by atoms with Crippen LogP contribution in [0.1, 0.15) is 10.4 Å². The third-order valence-electron chi connectivity index (χ3n) is 4.14. The summed E-state index contributed by atoms with van der Waals surface area (Å²) in [6, 6.07) is 8.83. The van der Waals surface area contributed by atoms with Gasteiger partial charge in [-0.25, -0.2) is 0 Å². The van der Waals surface area contributed by atoms with Gasteiger partial charge in [0.2, 0.25) is 6.79 Å². The van der Waals surface area contributed by atoms with Crippen LogP contribution in [0.5, 0.6) is 23.0 Å². The summed E-state index contributed by atoms with van der Waals surface area (Å²) in [5.41, 5.74) is 1.27. The molecule has 2 aromatic carbocycles. The lowest BCUT2D eigenvalue weighted by atomic mass is 10.2. The van der Waals surface area contributed by atoms with Crippen LogP contribution in [-0.2, 0) is 7.05 Å². The number of aromatic nitrogens is 1. The predicted molar refractivity (Wildman–Crippen MR) is 96.4 cm³/mol. The maximum absolute atomic E-state index is 12.7. The van der Waals surface area contributed by atoms with E-state index in [1.54, 1.807) is 25.3 Å². The highest BCUT2D eigenvalue weighted by atomic mass is 32.1. The lowest BCUT2D eigenvalue weighted by Gasteiger charge is -2.07. The minimum Gasteiger partial charge on any atom is -0.497 e. The van der Waals surface area contributed by atoms with Crippen LogP contribution in [0.2, 0.25) is 0 Å². The molecule has 0 N–H and O–H groups in total. The molecule has 8 heteroatoms. The van der Waals surface area contributed by atoms with E-state index in [1.807, 2.05) is 23.7 Å². The fourth-order valence-corrected chi connectivity index (χ4v) is 3.78. The van der Waals surface area contributed by atoms with Crippen molar-refractivity contribution in [3.05, 3.63) is 40.7 Å². The monoisotopic (exact) mass is 372 g/mol. The van der Waals surface area contributed by atoms with Gasteiger partial charge in [-0.1, -0.05) is 11.3 Å². The van der Waals surface area contributed by atoms with Crippen molar-refractivity contribution in [2.75, 3.05) is 21.0 Å². The first-order valence-corrected chi connectivity index (χ1v) is 8.62. The van der Waals surface area contributed by atoms with Crippen molar-refractivity contribution in [1.82, 2.24) is 4.57 Å². The minimum atomic E-state index is -0.400. The van der Waals surface area contributed by atoms with Crippen LogP contribution in [0.3, 0.4) is 0 Å². The fourth-order valence-electron chi connectivity index (χ4n) is 2.75. The van der Waals surface area contributed by atoms with E-state index in [0.717, 1.165) is 10.2 Å². The van der Waals surface area contributed by atoms with Crippen LogP contribution in [-0.4, -0.2) is 31.5 Å². The first-order chi connectivity index (χ1) is 12.6. The SMILES string of the molecule is COc1ccc(OC)c(C(=O)N=c2sc3cc4c(cc3n2C)OCO4)c1. The summed E-state index contributed by atoms with van der Waals surface area (Å²) in [6.45, 7) is 0.224. The number of carbonyl (C=O) groups is 1. The lowest BCUT2D eigenvalue weighted by Crippen LogP contribution is -2.13. The zero-order valence-corrected chi connectivity index (χ0v) is 15.3. The average Bonchev–Trinajstić information content (AvgIpc) is 3.23. The molecule has 2 heterocycles. The molecule has 0 saturated carbocycles. The zero-order chi connectivity index (χ0) is 18.3. The smallest absolute Gasteiger partial charge is 0.283 e. The highest BCUT2D eigenvalue weighted by molar-refractivity contribution is 7.16. The van der Waals surface area contributed by atoms with Crippen LogP contribution in [0, 0.1) is 0 Å². The number of nitrogens with zero attached hydrogens (tertiary/aromatic N) is 2. The van der Waals surface area contributed by atoms with Gasteiger partial charge in [0.15, 0.2) is 16.3 Å². The summed E-state index contributed by atoms with van der Waals surface area (Å²) < 4.78 is 24.1. The van der Waals surface area contributed by atoms with Crippen LogP contribution < -0.4 is 23.7 Å². The maximum atomic E-state index is 12.7. The van der Waals surface area contributed by atoms with Crippen molar-refractivity contribution in [2.45, 2.75) is 0 Å². The Morgan fingerprint density at radius 2 is 1.92 bits per heavy atom. The van der Waals surface area contributed by atoms with Crippen molar-refractivity contribution >= 4 is 27.5 Å². The van der Waals surface area contributed by atoms with E-state index < -0.39 is 5.91 Å². The first kappa shape index (κ1) is 16.5. The Balaban J connectivity index is 1.81. The number of thiazole rings is 1. The van der Waals surface area contributed by atoms with E-state index >= 15 is 0 Å². The van der Waals surface area contributed by atoms with Gasteiger partial charge in [-0.15, -0.1) is 0 Å². The molecule has 7 nitrogen and oxygen atoms in total. The molecule has 26 heavy (non-hydrogen) atoms. The summed E-state index contributed by atoms with van der Waals surface area (Å²) >= 11 is 1.40. The Labute approximate surface area is 153 Å². The van der Waals surface area contributed by atoms with E-state index in [9.17, 15) is 4.79 Å². The van der Waals surface area contributed by atoms with Crippen LogP contribution >= 0.6 is 11.3 Å². The van der Waals surface area contributed by atoms with E-state index in [4.69, 9.17) is 18.9 Å². The number of amides is 1. The first-order valence-electron chi connectivity index (χ1n) is 7.81. The molecule has 0 saturated heterocycles. The quantitative estimate of drug-likeness (QED) is 0.707. The minimum absolute atomic E-state index is 0.224. The third kappa shape index (κ3) is 2.68. The van der Waals surface area contributed by atoms with Crippen molar-refractivity contribution < 1.29 is 23.7 Å². The molecule has 0 spiro atoms.